The van der Waals surface area contributed by atoms with Crippen LogP contribution in [0.5, 0.6) is 11.5 Å². The zero-order chi connectivity index (χ0) is 19.0. The first-order valence-corrected chi connectivity index (χ1v) is 9.61. The van der Waals surface area contributed by atoms with Gasteiger partial charge in [0.05, 0.1) is 10.6 Å². The van der Waals surface area contributed by atoms with E-state index in [9.17, 15) is 4.79 Å². The third-order valence-corrected chi connectivity index (χ3v) is 5.14. The fraction of sp³-hybridized carbons (Fsp3) is 0.238. The van der Waals surface area contributed by atoms with Crippen LogP contribution >= 0.6 is 11.8 Å². The van der Waals surface area contributed by atoms with E-state index < -0.39 is 0 Å². The van der Waals surface area contributed by atoms with Gasteiger partial charge in [-0.05, 0) is 68.4 Å². The summed E-state index contributed by atoms with van der Waals surface area (Å²) in [7, 11) is 0. The fourth-order valence-corrected chi connectivity index (χ4v) is 3.97. The molecule has 2 aliphatic heterocycles. The molecule has 1 saturated heterocycles. The molecule has 0 bridgehead atoms. The fourth-order valence-electron chi connectivity index (χ4n) is 2.86. The number of nitrogens with zero attached hydrogens (tertiary/aromatic N) is 2. The first kappa shape index (κ1) is 17.7. The summed E-state index contributed by atoms with van der Waals surface area (Å²) in [5.74, 6) is 1.36. The van der Waals surface area contributed by atoms with E-state index >= 15 is 0 Å². The molecular formula is C21H20N2O3S. The minimum atomic E-state index is -0.0686. The highest BCUT2D eigenvalue weighted by molar-refractivity contribution is 8.19. The van der Waals surface area contributed by atoms with Gasteiger partial charge in [-0.25, -0.2) is 0 Å². The van der Waals surface area contributed by atoms with Crippen LogP contribution in [-0.4, -0.2) is 23.9 Å². The normalized spacial score (nSPS) is 19.0. The highest BCUT2D eigenvalue weighted by Crippen LogP contribution is 2.38. The van der Waals surface area contributed by atoms with Crippen LogP contribution in [0.1, 0.15) is 25.0 Å². The predicted molar refractivity (Wildman–Crippen MR) is 109 cm³/mol. The molecular weight excluding hydrogens is 360 g/mol. The molecule has 0 radical (unpaired) electrons. The van der Waals surface area contributed by atoms with Gasteiger partial charge in [-0.1, -0.05) is 23.8 Å². The zero-order valence-corrected chi connectivity index (χ0v) is 16.2. The number of fused-ring (bicyclic) bond motifs is 1. The van der Waals surface area contributed by atoms with Gasteiger partial charge >= 0.3 is 0 Å². The van der Waals surface area contributed by atoms with E-state index in [2.05, 4.69) is 4.99 Å². The van der Waals surface area contributed by atoms with Crippen molar-refractivity contribution in [1.82, 2.24) is 0 Å². The van der Waals surface area contributed by atoms with Crippen molar-refractivity contribution in [3.63, 3.8) is 0 Å². The number of amidine groups is 1. The van der Waals surface area contributed by atoms with Crippen molar-refractivity contribution in [1.29, 1.82) is 0 Å². The number of anilines is 1. The molecule has 2 aromatic rings. The number of ether oxygens (including phenoxy) is 2. The van der Waals surface area contributed by atoms with E-state index in [4.69, 9.17) is 9.47 Å². The van der Waals surface area contributed by atoms with E-state index in [1.165, 1.54) is 11.8 Å². The van der Waals surface area contributed by atoms with Crippen LogP contribution in [0.2, 0.25) is 0 Å². The quantitative estimate of drug-likeness (QED) is 0.730. The maximum absolute atomic E-state index is 13.1. The van der Waals surface area contributed by atoms with Gasteiger partial charge < -0.3 is 9.47 Å². The summed E-state index contributed by atoms with van der Waals surface area (Å²) >= 11 is 1.40. The molecule has 0 aliphatic carbocycles. The Kier molecular flexibility index (Phi) is 4.66. The summed E-state index contributed by atoms with van der Waals surface area (Å²) in [5, 5.41) is 0.700. The average Bonchev–Trinajstić information content (AvgIpc) is 3.20. The molecule has 6 heteroatoms. The summed E-state index contributed by atoms with van der Waals surface area (Å²) in [6, 6.07) is 13.7. The number of rotatable bonds is 3. The lowest BCUT2D eigenvalue weighted by atomic mass is 10.2. The average molecular weight is 380 g/mol. The largest absolute Gasteiger partial charge is 0.454 e. The second kappa shape index (κ2) is 7.12. The number of aliphatic imine (C=N–C) groups is 1. The number of carbonyl (C=O) groups excluding carboxylic acids is 1. The number of hydrogen-bond acceptors (Lipinski definition) is 5. The Balaban J connectivity index is 1.70. The van der Waals surface area contributed by atoms with E-state index in [0.717, 1.165) is 22.6 Å². The minimum absolute atomic E-state index is 0.0686. The second-order valence-electron chi connectivity index (χ2n) is 6.70. The molecule has 2 heterocycles. The third kappa shape index (κ3) is 3.57. The number of carbonyl (C=O) groups is 1. The van der Waals surface area contributed by atoms with Crippen molar-refractivity contribution in [3.8, 4) is 11.5 Å². The Bertz CT molecular complexity index is 948. The second-order valence-corrected chi connectivity index (χ2v) is 7.71. The molecule has 0 aromatic heterocycles. The van der Waals surface area contributed by atoms with Gasteiger partial charge in [0.25, 0.3) is 5.91 Å². The summed E-state index contributed by atoms with van der Waals surface area (Å²) in [4.78, 5) is 20.1. The Morgan fingerprint density at radius 1 is 1.11 bits per heavy atom. The predicted octanol–water partition coefficient (Wildman–Crippen LogP) is 4.61. The monoisotopic (exact) mass is 380 g/mol. The number of benzene rings is 2. The zero-order valence-electron chi connectivity index (χ0n) is 15.4. The van der Waals surface area contributed by atoms with E-state index in [1.807, 2.05) is 69.3 Å². The van der Waals surface area contributed by atoms with Crippen LogP contribution in [0.3, 0.4) is 0 Å². The molecule has 1 amide bonds. The van der Waals surface area contributed by atoms with Gasteiger partial charge in [0.1, 0.15) is 0 Å². The van der Waals surface area contributed by atoms with Gasteiger partial charge in [0, 0.05) is 6.04 Å². The van der Waals surface area contributed by atoms with Crippen LogP contribution in [0.15, 0.2) is 52.4 Å². The summed E-state index contributed by atoms with van der Waals surface area (Å²) in [6.45, 7) is 6.27. The summed E-state index contributed by atoms with van der Waals surface area (Å²) < 4.78 is 10.8. The lowest BCUT2D eigenvalue weighted by Gasteiger charge is -2.16. The number of aryl methyl sites for hydroxylation is 1. The van der Waals surface area contributed by atoms with Crippen molar-refractivity contribution in [2.24, 2.45) is 4.99 Å². The van der Waals surface area contributed by atoms with E-state index in [-0.39, 0.29) is 18.7 Å². The molecule has 2 aliphatic rings. The van der Waals surface area contributed by atoms with E-state index in [1.54, 1.807) is 4.90 Å². The Hall–Kier alpha value is -2.73. The van der Waals surface area contributed by atoms with Crippen LogP contribution in [0, 0.1) is 6.92 Å². The van der Waals surface area contributed by atoms with Crippen LogP contribution in [-0.2, 0) is 4.79 Å². The van der Waals surface area contributed by atoms with Gasteiger partial charge in [-0.15, -0.1) is 0 Å². The van der Waals surface area contributed by atoms with Gasteiger partial charge in [0.2, 0.25) is 6.79 Å². The molecule has 0 unspecified atom stereocenters. The smallest absolute Gasteiger partial charge is 0.271 e. The van der Waals surface area contributed by atoms with Crippen molar-refractivity contribution in [3.05, 3.63) is 58.5 Å². The summed E-state index contributed by atoms with van der Waals surface area (Å²) in [5.41, 5.74) is 2.87. The van der Waals surface area contributed by atoms with E-state index in [0.29, 0.717) is 15.8 Å². The highest BCUT2D eigenvalue weighted by Gasteiger charge is 2.34. The Labute approximate surface area is 162 Å². The van der Waals surface area contributed by atoms with Gasteiger partial charge in [0.15, 0.2) is 16.7 Å². The molecule has 138 valence electrons. The number of hydrogen-bond donors (Lipinski definition) is 0. The maximum atomic E-state index is 13.1. The van der Waals surface area contributed by atoms with Crippen LogP contribution < -0.4 is 14.4 Å². The van der Waals surface area contributed by atoms with Crippen molar-refractivity contribution < 1.29 is 14.3 Å². The standard InChI is InChI=1S/C21H20N2O3S/c1-13(2)22-21-23(16-7-4-14(3)5-8-16)20(24)19(27-21)11-15-6-9-17-18(10-15)26-12-25-17/h4-11,13H,12H2,1-3H3/b19-11-,22-21?. The SMILES string of the molecule is Cc1ccc(N2C(=O)/C(=C/c3ccc4c(c3)OCO4)SC2=NC(C)C)cc1. The number of amides is 1. The minimum Gasteiger partial charge on any atom is -0.454 e. The topological polar surface area (TPSA) is 51.1 Å². The van der Waals surface area contributed by atoms with Crippen molar-refractivity contribution in [2.45, 2.75) is 26.8 Å². The first-order chi connectivity index (χ1) is 13.0. The molecule has 0 N–H and O–H groups in total. The molecule has 5 nitrogen and oxygen atoms in total. The molecule has 0 spiro atoms. The number of thioether (sulfide) groups is 1. The molecule has 0 atom stereocenters. The third-order valence-electron chi connectivity index (χ3n) is 4.16. The lowest BCUT2D eigenvalue weighted by molar-refractivity contribution is -0.113. The highest BCUT2D eigenvalue weighted by atomic mass is 32.2. The van der Waals surface area contributed by atoms with Crippen molar-refractivity contribution >= 4 is 34.6 Å². The maximum Gasteiger partial charge on any atom is 0.271 e. The first-order valence-electron chi connectivity index (χ1n) is 8.79. The van der Waals surface area contributed by atoms with Gasteiger partial charge in [-0.2, -0.15) is 0 Å². The molecule has 4 rings (SSSR count). The van der Waals surface area contributed by atoms with Crippen molar-refractivity contribution in [2.75, 3.05) is 11.7 Å². The van der Waals surface area contributed by atoms with Gasteiger partial charge in [-0.3, -0.25) is 14.7 Å². The molecule has 0 saturated carbocycles. The Morgan fingerprint density at radius 3 is 2.59 bits per heavy atom. The molecule has 2 aromatic carbocycles. The lowest BCUT2D eigenvalue weighted by Crippen LogP contribution is -2.29. The summed E-state index contributed by atoms with van der Waals surface area (Å²) in [6.07, 6.45) is 1.87. The van der Waals surface area contributed by atoms with Crippen LogP contribution in [0.25, 0.3) is 6.08 Å². The molecule has 1 fully saturated rings. The Morgan fingerprint density at radius 2 is 1.85 bits per heavy atom. The molecule has 27 heavy (non-hydrogen) atoms. The van der Waals surface area contributed by atoms with Crippen LogP contribution in [0.4, 0.5) is 5.69 Å².